The Morgan fingerprint density at radius 1 is 1.23 bits per heavy atom. The number of carbonyl (C=O) groups excluding carboxylic acids is 1. The zero-order valence-electron chi connectivity index (χ0n) is 12.4. The van der Waals surface area contributed by atoms with Gasteiger partial charge in [0.2, 0.25) is 0 Å². The molecule has 0 amide bonds. The summed E-state index contributed by atoms with van der Waals surface area (Å²) in [4.78, 5) is 12.0. The van der Waals surface area contributed by atoms with Gasteiger partial charge in [0.15, 0.2) is 0 Å². The van der Waals surface area contributed by atoms with Crippen molar-refractivity contribution in [2.24, 2.45) is 0 Å². The molecular formula is C18H18O4. The summed E-state index contributed by atoms with van der Waals surface area (Å²) in [6, 6.07) is 9.88. The van der Waals surface area contributed by atoms with Gasteiger partial charge in [0.1, 0.15) is 17.1 Å². The number of ether oxygens (including phenoxy) is 1. The Labute approximate surface area is 129 Å². The Morgan fingerprint density at radius 3 is 2.64 bits per heavy atom. The second kappa shape index (κ2) is 6.80. The molecule has 0 aliphatic carbocycles. The molecule has 2 rings (SSSR count). The molecule has 0 saturated heterocycles. The second-order valence-electron chi connectivity index (χ2n) is 4.78. The van der Waals surface area contributed by atoms with E-state index in [-0.39, 0.29) is 29.2 Å². The lowest BCUT2D eigenvalue weighted by atomic mass is 9.96. The molecule has 2 aromatic carbocycles. The van der Waals surface area contributed by atoms with Crippen molar-refractivity contribution in [3.63, 3.8) is 0 Å². The second-order valence-corrected chi connectivity index (χ2v) is 4.78. The van der Waals surface area contributed by atoms with E-state index in [1.54, 1.807) is 18.2 Å². The minimum atomic E-state index is -0.614. The van der Waals surface area contributed by atoms with Crippen molar-refractivity contribution in [1.82, 2.24) is 0 Å². The average Bonchev–Trinajstić information content (AvgIpc) is 2.53. The first kappa shape index (κ1) is 15.6. The van der Waals surface area contributed by atoms with Gasteiger partial charge < -0.3 is 14.9 Å². The SMILES string of the molecule is C=Cc1ccccc1-c1c(O)ccc(C(=O)OCCC)c1O. The summed E-state index contributed by atoms with van der Waals surface area (Å²) < 4.78 is 5.04. The summed E-state index contributed by atoms with van der Waals surface area (Å²) in [5.41, 5.74) is 1.56. The molecule has 0 bridgehead atoms. The highest BCUT2D eigenvalue weighted by molar-refractivity contribution is 5.97. The molecule has 22 heavy (non-hydrogen) atoms. The Hall–Kier alpha value is -2.75. The van der Waals surface area contributed by atoms with Gasteiger partial charge in [-0.2, -0.15) is 0 Å². The molecule has 114 valence electrons. The van der Waals surface area contributed by atoms with Gasteiger partial charge in [-0.15, -0.1) is 0 Å². The molecule has 0 unspecified atom stereocenters. The van der Waals surface area contributed by atoms with Crippen molar-refractivity contribution in [2.75, 3.05) is 6.61 Å². The molecule has 0 aromatic heterocycles. The standard InChI is InChI=1S/C18H18O4/c1-3-11-22-18(21)14-9-10-15(19)16(17(14)20)13-8-6-5-7-12(13)4-2/h4-10,19-20H,2-3,11H2,1H3. The van der Waals surface area contributed by atoms with E-state index in [2.05, 4.69) is 6.58 Å². The summed E-state index contributed by atoms with van der Waals surface area (Å²) in [6.07, 6.45) is 2.31. The third-order valence-corrected chi connectivity index (χ3v) is 3.26. The molecule has 4 heteroatoms. The lowest BCUT2D eigenvalue weighted by molar-refractivity contribution is 0.0502. The van der Waals surface area contributed by atoms with E-state index in [0.29, 0.717) is 12.0 Å². The Balaban J connectivity index is 2.57. The molecule has 0 atom stereocenters. The molecule has 2 N–H and O–H groups in total. The zero-order chi connectivity index (χ0) is 16.1. The van der Waals surface area contributed by atoms with Crippen LogP contribution in [-0.2, 0) is 4.74 Å². The smallest absolute Gasteiger partial charge is 0.341 e. The van der Waals surface area contributed by atoms with Crippen LogP contribution in [-0.4, -0.2) is 22.8 Å². The Kier molecular flexibility index (Phi) is 4.84. The number of phenolic OH excluding ortho intramolecular Hbond substituents is 2. The number of carbonyl (C=O) groups is 1. The fraction of sp³-hybridized carbons (Fsp3) is 0.167. The molecule has 0 heterocycles. The fourth-order valence-electron chi connectivity index (χ4n) is 2.19. The van der Waals surface area contributed by atoms with Gasteiger partial charge in [0, 0.05) is 0 Å². The van der Waals surface area contributed by atoms with Crippen LogP contribution in [0.2, 0.25) is 0 Å². The number of benzene rings is 2. The van der Waals surface area contributed by atoms with Crippen LogP contribution in [0.5, 0.6) is 11.5 Å². The lowest BCUT2D eigenvalue weighted by Gasteiger charge is -2.13. The van der Waals surface area contributed by atoms with E-state index >= 15 is 0 Å². The first-order valence-electron chi connectivity index (χ1n) is 7.04. The van der Waals surface area contributed by atoms with Crippen LogP contribution in [0.4, 0.5) is 0 Å². The van der Waals surface area contributed by atoms with Crippen LogP contribution in [0.25, 0.3) is 17.2 Å². The van der Waals surface area contributed by atoms with Crippen molar-refractivity contribution in [2.45, 2.75) is 13.3 Å². The van der Waals surface area contributed by atoms with E-state index in [9.17, 15) is 15.0 Å². The quantitative estimate of drug-likeness (QED) is 0.819. The van der Waals surface area contributed by atoms with E-state index in [4.69, 9.17) is 4.74 Å². The topological polar surface area (TPSA) is 66.8 Å². The van der Waals surface area contributed by atoms with Crippen molar-refractivity contribution in [3.05, 3.63) is 54.1 Å². The van der Waals surface area contributed by atoms with Crippen molar-refractivity contribution < 1.29 is 19.7 Å². The van der Waals surface area contributed by atoms with Gasteiger partial charge in [0.25, 0.3) is 0 Å². The van der Waals surface area contributed by atoms with Crippen LogP contribution in [0.3, 0.4) is 0 Å². The molecule has 0 aliphatic rings. The molecule has 0 radical (unpaired) electrons. The van der Waals surface area contributed by atoms with Crippen LogP contribution in [0.15, 0.2) is 43.0 Å². The van der Waals surface area contributed by atoms with Gasteiger partial charge in [-0.05, 0) is 29.7 Å². The number of rotatable bonds is 5. The molecular weight excluding hydrogens is 280 g/mol. The van der Waals surface area contributed by atoms with E-state index in [0.717, 1.165) is 5.56 Å². The lowest BCUT2D eigenvalue weighted by Crippen LogP contribution is -2.06. The average molecular weight is 298 g/mol. The number of aromatic hydroxyl groups is 2. The van der Waals surface area contributed by atoms with Gasteiger partial charge in [-0.1, -0.05) is 43.8 Å². The van der Waals surface area contributed by atoms with E-state index in [1.165, 1.54) is 12.1 Å². The minimum absolute atomic E-state index is 0.0279. The maximum atomic E-state index is 12.0. The largest absolute Gasteiger partial charge is 0.507 e. The van der Waals surface area contributed by atoms with Crippen LogP contribution in [0, 0.1) is 0 Å². The number of esters is 1. The molecule has 0 saturated carbocycles. The summed E-state index contributed by atoms with van der Waals surface area (Å²) in [7, 11) is 0. The fourth-order valence-corrected chi connectivity index (χ4v) is 2.19. The normalized spacial score (nSPS) is 10.2. The highest BCUT2D eigenvalue weighted by atomic mass is 16.5. The third kappa shape index (κ3) is 2.96. The number of hydrogen-bond acceptors (Lipinski definition) is 4. The van der Waals surface area contributed by atoms with Crippen LogP contribution < -0.4 is 0 Å². The maximum absolute atomic E-state index is 12.0. The van der Waals surface area contributed by atoms with Crippen LogP contribution >= 0.6 is 0 Å². The molecule has 0 spiro atoms. The summed E-state index contributed by atoms with van der Waals surface area (Å²) >= 11 is 0. The van der Waals surface area contributed by atoms with E-state index in [1.807, 2.05) is 19.1 Å². The van der Waals surface area contributed by atoms with Crippen molar-refractivity contribution in [1.29, 1.82) is 0 Å². The predicted molar refractivity (Wildman–Crippen MR) is 85.9 cm³/mol. The first-order chi connectivity index (χ1) is 10.6. The van der Waals surface area contributed by atoms with Gasteiger partial charge in [-0.25, -0.2) is 4.79 Å². The zero-order valence-corrected chi connectivity index (χ0v) is 12.4. The summed E-state index contributed by atoms with van der Waals surface area (Å²) in [5, 5.41) is 20.5. The van der Waals surface area contributed by atoms with Gasteiger partial charge in [-0.3, -0.25) is 0 Å². The van der Waals surface area contributed by atoms with Crippen LogP contribution in [0.1, 0.15) is 29.3 Å². The number of hydrogen-bond donors (Lipinski definition) is 2. The van der Waals surface area contributed by atoms with Crippen molar-refractivity contribution >= 4 is 12.0 Å². The Morgan fingerprint density at radius 2 is 1.95 bits per heavy atom. The van der Waals surface area contributed by atoms with E-state index < -0.39 is 5.97 Å². The summed E-state index contributed by atoms with van der Waals surface area (Å²) in [6.45, 7) is 5.88. The summed E-state index contributed by atoms with van der Waals surface area (Å²) in [5.74, 6) is -1.02. The number of phenols is 2. The highest BCUT2D eigenvalue weighted by Gasteiger charge is 2.20. The maximum Gasteiger partial charge on any atom is 0.341 e. The highest BCUT2D eigenvalue weighted by Crippen LogP contribution is 2.41. The molecule has 2 aromatic rings. The minimum Gasteiger partial charge on any atom is -0.507 e. The third-order valence-electron chi connectivity index (χ3n) is 3.26. The van der Waals surface area contributed by atoms with Gasteiger partial charge in [0.05, 0.1) is 12.2 Å². The predicted octanol–water partition coefficient (Wildman–Crippen LogP) is 3.97. The van der Waals surface area contributed by atoms with Gasteiger partial charge >= 0.3 is 5.97 Å². The first-order valence-corrected chi connectivity index (χ1v) is 7.04. The van der Waals surface area contributed by atoms with Crippen molar-refractivity contribution in [3.8, 4) is 22.6 Å². The molecule has 0 fully saturated rings. The monoisotopic (exact) mass is 298 g/mol. The Bertz CT molecular complexity index is 704. The molecule has 0 aliphatic heterocycles. The molecule has 4 nitrogen and oxygen atoms in total.